The zero-order valence-corrected chi connectivity index (χ0v) is 12.5. The van der Waals surface area contributed by atoms with Crippen molar-refractivity contribution in [3.63, 3.8) is 0 Å². The fourth-order valence-electron chi connectivity index (χ4n) is 2.27. The number of nitrogens with zero attached hydrogens (tertiary/aromatic N) is 2. The lowest BCUT2D eigenvalue weighted by atomic mass is 10.1. The molecule has 1 unspecified atom stereocenters. The van der Waals surface area contributed by atoms with Gasteiger partial charge in [-0.05, 0) is 32.3 Å². The average molecular weight is 283 g/mol. The quantitative estimate of drug-likeness (QED) is 0.872. The molecule has 21 heavy (non-hydrogen) atoms. The van der Waals surface area contributed by atoms with E-state index >= 15 is 0 Å². The van der Waals surface area contributed by atoms with Gasteiger partial charge in [-0.2, -0.15) is 4.98 Å². The van der Waals surface area contributed by atoms with E-state index in [1.54, 1.807) is 0 Å². The van der Waals surface area contributed by atoms with E-state index in [1.165, 1.54) is 12.8 Å². The predicted octanol–water partition coefficient (Wildman–Crippen LogP) is 3.93. The maximum atomic E-state index is 6.01. The first-order valence-corrected chi connectivity index (χ1v) is 7.60. The van der Waals surface area contributed by atoms with Crippen LogP contribution < -0.4 is 10.1 Å². The molecule has 0 radical (unpaired) electrons. The molecule has 1 aliphatic carbocycles. The zero-order valence-electron chi connectivity index (χ0n) is 12.5. The normalized spacial score (nSPS) is 15.5. The van der Waals surface area contributed by atoms with Gasteiger partial charge >= 0.3 is 0 Å². The van der Waals surface area contributed by atoms with Gasteiger partial charge in [-0.3, -0.25) is 0 Å². The van der Waals surface area contributed by atoms with Gasteiger partial charge in [-0.25, -0.2) is 4.98 Å². The molecule has 1 fully saturated rings. The van der Waals surface area contributed by atoms with Crippen LogP contribution in [-0.4, -0.2) is 16.5 Å². The fraction of sp³-hybridized carbons (Fsp3) is 0.412. The number of benzene rings is 1. The molecule has 0 aliphatic heterocycles. The second-order valence-electron chi connectivity index (χ2n) is 5.42. The van der Waals surface area contributed by atoms with Crippen molar-refractivity contribution in [2.24, 2.45) is 0 Å². The third-order valence-electron chi connectivity index (χ3n) is 3.59. The largest absolute Gasteiger partial charge is 0.470 e. The van der Waals surface area contributed by atoms with Crippen LogP contribution in [0, 0.1) is 0 Å². The number of aromatic nitrogens is 2. The van der Waals surface area contributed by atoms with E-state index in [0.717, 1.165) is 23.8 Å². The molecular weight excluding hydrogens is 262 g/mol. The first-order chi connectivity index (χ1) is 10.3. The second-order valence-corrected chi connectivity index (χ2v) is 5.42. The molecule has 2 aromatic rings. The first kappa shape index (κ1) is 13.9. The van der Waals surface area contributed by atoms with Gasteiger partial charge in [0.05, 0.1) is 0 Å². The van der Waals surface area contributed by atoms with Crippen molar-refractivity contribution in [2.75, 3.05) is 11.9 Å². The molecule has 1 aliphatic rings. The molecular formula is C17H21N3O. The second kappa shape index (κ2) is 6.12. The Labute approximate surface area is 125 Å². The summed E-state index contributed by atoms with van der Waals surface area (Å²) < 4.78 is 6.01. The minimum atomic E-state index is -0.0253. The molecule has 3 rings (SSSR count). The van der Waals surface area contributed by atoms with Gasteiger partial charge in [0.15, 0.2) is 0 Å². The Morgan fingerprint density at radius 1 is 1.24 bits per heavy atom. The van der Waals surface area contributed by atoms with Gasteiger partial charge in [0.25, 0.3) is 0 Å². The standard InChI is InChI=1S/C17H21N3O/c1-3-18-15-11-16(20-17(19-15)14-9-10-14)21-12(2)13-7-5-4-6-8-13/h4-8,11-12,14H,3,9-10H2,1-2H3,(H,18,19,20). The van der Waals surface area contributed by atoms with Gasteiger partial charge in [0, 0.05) is 18.5 Å². The van der Waals surface area contributed by atoms with Gasteiger partial charge in [-0.15, -0.1) is 0 Å². The van der Waals surface area contributed by atoms with E-state index in [9.17, 15) is 0 Å². The minimum Gasteiger partial charge on any atom is -0.470 e. The molecule has 1 heterocycles. The van der Waals surface area contributed by atoms with E-state index in [2.05, 4.69) is 34.3 Å². The summed E-state index contributed by atoms with van der Waals surface area (Å²) in [7, 11) is 0. The minimum absolute atomic E-state index is 0.0253. The summed E-state index contributed by atoms with van der Waals surface area (Å²) in [5.74, 6) is 2.92. The lowest BCUT2D eigenvalue weighted by Crippen LogP contribution is -2.08. The highest BCUT2D eigenvalue weighted by Crippen LogP contribution is 2.39. The number of ether oxygens (including phenoxy) is 1. The molecule has 0 saturated heterocycles. The monoisotopic (exact) mass is 283 g/mol. The van der Waals surface area contributed by atoms with Crippen LogP contribution in [-0.2, 0) is 0 Å². The Balaban J connectivity index is 1.80. The summed E-state index contributed by atoms with van der Waals surface area (Å²) in [4.78, 5) is 9.13. The molecule has 1 atom stereocenters. The lowest BCUT2D eigenvalue weighted by Gasteiger charge is -2.15. The Morgan fingerprint density at radius 2 is 2.00 bits per heavy atom. The highest BCUT2D eigenvalue weighted by molar-refractivity contribution is 5.39. The Bertz CT molecular complexity index is 596. The molecule has 4 heteroatoms. The fourth-order valence-corrected chi connectivity index (χ4v) is 2.27. The molecule has 1 saturated carbocycles. The van der Waals surface area contributed by atoms with Crippen molar-refractivity contribution >= 4 is 5.82 Å². The molecule has 0 spiro atoms. The summed E-state index contributed by atoms with van der Waals surface area (Å²) in [6.07, 6.45) is 2.34. The van der Waals surface area contributed by atoms with Crippen molar-refractivity contribution in [3.8, 4) is 5.88 Å². The highest BCUT2D eigenvalue weighted by Gasteiger charge is 2.27. The number of hydrogen-bond acceptors (Lipinski definition) is 4. The Morgan fingerprint density at radius 3 is 2.67 bits per heavy atom. The average Bonchev–Trinajstić information content (AvgIpc) is 3.33. The topological polar surface area (TPSA) is 47.0 Å². The maximum absolute atomic E-state index is 6.01. The van der Waals surface area contributed by atoms with Crippen LogP contribution in [0.25, 0.3) is 0 Å². The number of nitrogens with one attached hydrogen (secondary N) is 1. The third kappa shape index (κ3) is 3.51. The van der Waals surface area contributed by atoms with E-state index in [4.69, 9.17) is 4.74 Å². The van der Waals surface area contributed by atoms with E-state index in [0.29, 0.717) is 11.8 Å². The summed E-state index contributed by atoms with van der Waals surface area (Å²) >= 11 is 0. The van der Waals surface area contributed by atoms with Crippen LogP contribution in [0.15, 0.2) is 36.4 Å². The molecule has 110 valence electrons. The summed E-state index contributed by atoms with van der Waals surface area (Å²) in [6.45, 7) is 4.95. The number of anilines is 1. The van der Waals surface area contributed by atoms with Crippen molar-refractivity contribution in [2.45, 2.75) is 38.7 Å². The van der Waals surface area contributed by atoms with Crippen molar-refractivity contribution in [1.29, 1.82) is 0 Å². The van der Waals surface area contributed by atoms with Gasteiger partial charge < -0.3 is 10.1 Å². The molecule has 0 amide bonds. The molecule has 1 aromatic carbocycles. The Hall–Kier alpha value is -2.10. The van der Waals surface area contributed by atoms with Crippen LogP contribution >= 0.6 is 0 Å². The predicted molar refractivity (Wildman–Crippen MR) is 83.7 cm³/mol. The van der Waals surface area contributed by atoms with Crippen LogP contribution in [0.3, 0.4) is 0 Å². The van der Waals surface area contributed by atoms with E-state index in [1.807, 2.05) is 31.2 Å². The first-order valence-electron chi connectivity index (χ1n) is 7.60. The van der Waals surface area contributed by atoms with Crippen molar-refractivity contribution < 1.29 is 4.74 Å². The SMILES string of the molecule is CCNc1cc(OC(C)c2ccccc2)nc(C2CC2)n1. The third-order valence-corrected chi connectivity index (χ3v) is 3.59. The zero-order chi connectivity index (χ0) is 14.7. The van der Waals surface area contributed by atoms with Crippen molar-refractivity contribution in [3.05, 3.63) is 47.8 Å². The van der Waals surface area contributed by atoms with E-state index in [-0.39, 0.29) is 6.10 Å². The lowest BCUT2D eigenvalue weighted by molar-refractivity contribution is 0.216. The van der Waals surface area contributed by atoms with Crippen LogP contribution in [0.2, 0.25) is 0 Å². The maximum Gasteiger partial charge on any atom is 0.219 e. The van der Waals surface area contributed by atoms with E-state index < -0.39 is 0 Å². The Kier molecular flexibility index (Phi) is 4.04. The van der Waals surface area contributed by atoms with Gasteiger partial charge in [0.2, 0.25) is 5.88 Å². The number of rotatable bonds is 6. The molecule has 0 bridgehead atoms. The summed E-state index contributed by atoms with van der Waals surface area (Å²) in [5.41, 5.74) is 1.15. The van der Waals surface area contributed by atoms with Crippen LogP contribution in [0.1, 0.15) is 50.1 Å². The summed E-state index contributed by atoms with van der Waals surface area (Å²) in [6, 6.07) is 12.1. The molecule has 1 aromatic heterocycles. The van der Waals surface area contributed by atoms with Crippen LogP contribution in [0.5, 0.6) is 5.88 Å². The number of hydrogen-bond donors (Lipinski definition) is 1. The highest BCUT2D eigenvalue weighted by atomic mass is 16.5. The van der Waals surface area contributed by atoms with Crippen molar-refractivity contribution in [1.82, 2.24) is 9.97 Å². The smallest absolute Gasteiger partial charge is 0.219 e. The van der Waals surface area contributed by atoms with Crippen LogP contribution in [0.4, 0.5) is 5.82 Å². The molecule has 4 nitrogen and oxygen atoms in total. The van der Waals surface area contributed by atoms with Gasteiger partial charge in [-0.1, -0.05) is 30.3 Å². The summed E-state index contributed by atoms with van der Waals surface area (Å²) in [5, 5.41) is 3.25. The van der Waals surface area contributed by atoms with Gasteiger partial charge in [0.1, 0.15) is 17.7 Å². The molecule has 1 N–H and O–H groups in total.